The van der Waals surface area contributed by atoms with E-state index in [1.54, 1.807) is 0 Å². The quantitative estimate of drug-likeness (QED) is 0.410. The first kappa shape index (κ1) is 13.8. The molecule has 20 heavy (non-hydrogen) atoms. The summed E-state index contributed by atoms with van der Waals surface area (Å²) in [6.45, 7) is 0. The van der Waals surface area contributed by atoms with Gasteiger partial charge in [0.25, 0.3) is 0 Å². The molecule has 0 aliphatic carbocycles. The molecule has 0 aliphatic rings. The van der Waals surface area contributed by atoms with E-state index in [4.69, 9.17) is 0 Å². The number of benzene rings is 3. The Morgan fingerprint density at radius 3 is 1.70 bits per heavy atom. The molecule has 0 nitrogen and oxygen atoms in total. The number of hydrogen-bond acceptors (Lipinski definition) is 0. The van der Waals surface area contributed by atoms with Gasteiger partial charge in [-0.2, -0.15) is 0 Å². The summed E-state index contributed by atoms with van der Waals surface area (Å²) >= 11 is 5.91. The van der Waals surface area contributed by atoms with Crippen molar-refractivity contribution in [2.75, 3.05) is 0 Å². The third kappa shape index (κ3) is 2.96. The van der Waals surface area contributed by atoms with E-state index < -0.39 is 0 Å². The largest absolute Gasteiger partial charge is 0.0622 e. The van der Waals surface area contributed by atoms with Gasteiger partial charge in [-0.1, -0.05) is 60.7 Å². The number of halogens is 2. The van der Waals surface area contributed by atoms with Gasteiger partial charge in [0.15, 0.2) is 0 Å². The monoisotopic (exact) mass is 434 g/mol. The van der Waals surface area contributed by atoms with Gasteiger partial charge in [0.1, 0.15) is 0 Å². The molecule has 98 valence electrons. The van der Waals surface area contributed by atoms with Crippen LogP contribution in [0.2, 0.25) is 0 Å². The summed E-state index contributed by atoms with van der Waals surface area (Å²) in [5.41, 5.74) is 4.97. The van der Waals surface area contributed by atoms with Crippen LogP contribution in [-0.2, 0) is 0 Å². The smallest absolute Gasteiger partial charge is 0.0315 e. The minimum Gasteiger partial charge on any atom is -0.0622 e. The van der Waals surface area contributed by atoms with Gasteiger partial charge in [0.2, 0.25) is 0 Å². The van der Waals surface area contributed by atoms with E-state index in [0.717, 1.165) is 4.47 Å². The Hall–Kier alpha value is -1.13. The average Bonchev–Trinajstić information content (AvgIpc) is 2.51. The summed E-state index contributed by atoms with van der Waals surface area (Å²) in [5, 5.41) is 0. The molecular formula is C18H12BrI. The molecule has 0 heterocycles. The molecule has 0 radical (unpaired) electrons. The van der Waals surface area contributed by atoms with Crippen LogP contribution in [0.5, 0.6) is 0 Å². The zero-order valence-electron chi connectivity index (χ0n) is 10.7. The predicted octanol–water partition coefficient (Wildman–Crippen LogP) is 6.39. The van der Waals surface area contributed by atoms with Crippen molar-refractivity contribution >= 4 is 38.5 Å². The second-order valence-electron chi connectivity index (χ2n) is 4.57. The standard InChI is InChI=1S/C18H12BrI/c19-17-12-16(10-11-18(17)20)15-8-6-14(7-9-15)13-4-2-1-3-5-13/h1-12H. The van der Waals surface area contributed by atoms with Crippen LogP contribution in [0.25, 0.3) is 22.3 Å². The zero-order chi connectivity index (χ0) is 13.9. The summed E-state index contributed by atoms with van der Waals surface area (Å²) in [4.78, 5) is 0. The van der Waals surface area contributed by atoms with Crippen molar-refractivity contribution in [2.45, 2.75) is 0 Å². The fraction of sp³-hybridized carbons (Fsp3) is 0. The molecule has 0 saturated carbocycles. The molecule has 0 N–H and O–H groups in total. The lowest BCUT2D eigenvalue weighted by Crippen LogP contribution is -1.82. The third-order valence-corrected chi connectivity index (χ3v) is 5.58. The Morgan fingerprint density at radius 1 is 0.600 bits per heavy atom. The van der Waals surface area contributed by atoms with Crippen LogP contribution in [0.15, 0.2) is 77.3 Å². The third-order valence-electron chi connectivity index (χ3n) is 3.24. The van der Waals surface area contributed by atoms with E-state index in [-0.39, 0.29) is 0 Å². The van der Waals surface area contributed by atoms with Crippen LogP contribution in [0.4, 0.5) is 0 Å². The molecule has 3 rings (SSSR count). The molecule has 0 amide bonds. The molecule has 0 aromatic heterocycles. The lowest BCUT2D eigenvalue weighted by atomic mass is 10.0. The first-order valence-corrected chi connectivity index (χ1v) is 8.22. The van der Waals surface area contributed by atoms with Crippen molar-refractivity contribution < 1.29 is 0 Å². The molecule has 3 aromatic carbocycles. The summed E-state index contributed by atoms with van der Waals surface area (Å²) in [5.74, 6) is 0. The lowest BCUT2D eigenvalue weighted by molar-refractivity contribution is 1.55. The summed E-state index contributed by atoms with van der Waals surface area (Å²) in [6.07, 6.45) is 0. The van der Waals surface area contributed by atoms with Gasteiger partial charge in [-0.3, -0.25) is 0 Å². The number of rotatable bonds is 2. The van der Waals surface area contributed by atoms with Gasteiger partial charge in [-0.15, -0.1) is 0 Å². The average molecular weight is 435 g/mol. The second-order valence-corrected chi connectivity index (χ2v) is 6.59. The fourth-order valence-corrected chi connectivity index (χ4v) is 2.88. The van der Waals surface area contributed by atoms with E-state index in [9.17, 15) is 0 Å². The van der Waals surface area contributed by atoms with Crippen molar-refractivity contribution in [1.29, 1.82) is 0 Å². The van der Waals surface area contributed by atoms with Crippen molar-refractivity contribution in [3.63, 3.8) is 0 Å². The molecule has 0 aliphatic heterocycles. The molecule has 0 atom stereocenters. The predicted molar refractivity (Wildman–Crippen MR) is 97.7 cm³/mol. The van der Waals surface area contributed by atoms with E-state index in [1.165, 1.54) is 25.8 Å². The molecule has 0 unspecified atom stereocenters. The van der Waals surface area contributed by atoms with Crippen LogP contribution in [0.3, 0.4) is 0 Å². The first-order chi connectivity index (χ1) is 9.74. The highest BCUT2D eigenvalue weighted by molar-refractivity contribution is 14.1. The van der Waals surface area contributed by atoms with Gasteiger partial charge >= 0.3 is 0 Å². The highest BCUT2D eigenvalue weighted by Crippen LogP contribution is 2.28. The normalized spacial score (nSPS) is 10.5. The van der Waals surface area contributed by atoms with E-state index in [1.807, 2.05) is 6.07 Å². The highest BCUT2D eigenvalue weighted by atomic mass is 127. The van der Waals surface area contributed by atoms with Gasteiger partial charge in [-0.05, 0) is 72.9 Å². The minimum atomic E-state index is 1.14. The van der Waals surface area contributed by atoms with E-state index in [2.05, 4.69) is 105 Å². The van der Waals surface area contributed by atoms with E-state index >= 15 is 0 Å². The Kier molecular flexibility index (Phi) is 4.22. The number of hydrogen-bond donors (Lipinski definition) is 0. The van der Waals surface area contributed by atoms with Crippen molar-refractivity contribution in [3.8, 4) is 22.3 Å². The van der Waals surface area contributed by atoms with Crippen molar-refractivity contribution in [1.82, 2.24) is 0 Å². The molecular weight excluding hydrogens is 423 g/mol. The molecule has 0 bridgehead atoms. The zero-order valence-corrected chi connectivity index (χ0v) is 14.4. The van der Waals surface area contributed by atoms with E-state index in [0.29, 0.717) is 0 Å². The van der Waals surface area contributed by atoms with Crippen molar-refractivity contribution in [3.05, 3.63) is 80.8 Å². The van der Waals surface area contributed by atoms with Crippen LogP contribution in [0, 0.1) is 3.57 Å². The lowest BCUT2D eigenvalue weighted by Gasteiger charge is -2.06. The first-order valence-electron chi connectivity index (χ1n) is 6.35. The second kappa shape index (κ2) is 6.10. The summed E-state index contributed by atoms with van der Waals surface area (Å²) < 4.78 is 2.37. The maximum absolute atomic E-state index is 3.59. The van der Waals surface area contributed by atoms with Gasteiger partial charge in [-0.25, -0.2) is 0 Å². The highest BCUT2D eigenvalue weighted by Gasteiger charge is 2.02. The van der Waals surface area contributed by atoms with Crippen LogP contribution in [-0.4, -0.2) is 0 Å². The molecule has 0 fully saturated rings. The van der Waals surface area contributed by atoms with Gasteiger partial charge in [0.05, 0.1) is 0 Å². The Morgan fingerprint density at radius 2 is 1.10 bits per heavy atom. The van der Waals surface area contributed by atoms with Crippen LogP contribution in [0.1, 0.15) is 0 Å². The molecule has 2 heteroatoms. The Labute approximate surface area is 141 Å². The summed E-state index contributed by atoms with van der Waals surface area (Å²) in [6, 6.07) is 25.6. The molecule has 0 saturated heterocycles. The molecule has 0 spiro atoms. The van der Waals surface area contributed by atoms with Gasteiger partial charge < -0.3 is 0 Å². The van der Waals surface area contributed by atoms with Crippen molar-refractivity contribution in [2.24, 2.45) is 0 Å². The topological polar surface area (TPSA) is 0 Å². The van der Waals surface area contributed by atoms with Gasteiger partial charge in [0, 0.05) is 8.04 Å². The Bertz CT molecular complexity index is 718. The minimum absolute atomic E-state index is 1.14. The maximum atomic E-state index is 3.59. The maximum Gasteiger partial charge on any atom is 0.0315 e. The Balaban J connectivity index is 1.95. The molecule has 3 aromatic rings. The fourth-order valence-electron chi connectivity index (χ4n) is 2.16. The summed E-state index contributed by atoms with van der Waals surface area (Å²) in [7, 11) is 0. The SMILES string of the molecule is Brc1cc(-c2ccc(-c3ccccc3)cc2)ccc1I. The van der Waals surface area contributed by atoms with Crippen LogP contribution < -0.4 is 0 Å². The van der Waals surface area contributed by atoms with Crippen LogP contribution >= 0.6 is 38.5 Å².